The van der Waals surface area contributed by atoms with E-state index in [9.17, 15) is 22.0 Å². The second kappa shape index (κ2) is 5.79. The molecular weight excluding hydrogens is 329 g/mol. The standard InChI is InChI=1S/C9H7BrF5NO2/c10-2-4-1-5(7(11)12)6(3-17)16-8(4)18-9(13,14)15/h1,7,17H,2-3H2. The quantitative estimate of drug-likeness (QED) is 0.678. The van der Waals surface area contributed by atoms with Crippen LogP contribution in [0.15, 0.2) is 6.07 Å². The summed E-state index contributed by atoms with van der Waals surface area (Å²) in [6.45, 7) is -0.906. The Morgan fingerprint density at radius 2 is 2.00 bits per heavy atom. The fraction of sp³-hybridized carbons (Fsp3) is 0.444. The summed E-state index contributed by atoms with van der Waals surface area (Å²) in [7, 11) is 0. The van der Waals surface area contributed by atoms with Gasteiger partial charge >= 0.3 is 6.36 Å². The number of alkyl halides is 6. The van der Waals surface area contributed by atoms with E-state index in [0.717, 1.165) is 6.07 Å². The first kappa shape index (κ1) is 15.1. The highest BCUT2D eigenvalue weighted by molar-refractivity contribution is 9.08. The lowest BCUT2D eigenvalue weighted by molar-refractivity contribution is -0.276. The lowest BCUT2D eigenvalue weighted by Crippen LogP contribution is -2.19. The minimum absolute atomic E-state index is 0.142. The van der Waals surface area contributed by atoms with E-state index in [4.69, 9.17) is 5.11 Å². The van der Waals surface area contributed by atoms with Gasteiger partial charge in [-0.05, 0) is 6.07 Å². The maximum Gasteiger partial charge on any atom is 0.574 e. The molecule has 0 aliphatic heterocycles. The molecule has 1 heterocycles. The van der Waals surface area contributed by atoms with E-state index in [1.54, 1.807) is 0 Å². The van der Waals surface area contributed by atoms with E-state index < -0.39 is 36.5 Å². The molecule has 102 valence electrons. The average molecular weight is 336 g/mol. The zero-order valence-electron chi connectivity index (χ0n) is 8.64. The van der Waals surface area contributed by atoms with E-state index in [1.165, 1.54) is 0 Å². The molecule has 0 radical (unpaired) electrons. The molecule has 1 N–H and O–H groups in total. The summed E-state index contributed by atoms with van der Waals surface area (Å²) in [5, 5.41) is 8.67. The number of hydrogen-bond acceptors (Lipinski definition) is 3. The first-order valence-corrected chi connectivity index (χ1v) is 5.64. The molecule has 0 aliphatic rings. The molecule has 1 aromatic rings. The van der Waals surface area contributed by atoms with Crippen LogP contribution in [0.4, 0.5) is 22.0 Å². The van der Waals surface area contributed by atoms with Gasteiger partial charge in [-0.1, -0.05) is 15.9 Å². The largest absolute Gasteiger partial charge is 0.574 e. The first-order valence-electron chi connectivity index (χ1n) is 4.52. The van der Waals surface area contributed by atoms with E-state index in [0.29, 0.717) is 0 Å². The molecule has 0 spiro atoms. The summed E-state index contributed by atoms with van der Waals surface area (Å²) in [5.74, 6) is -0.854. The van der Waals surface area contributed by atoms with Crippen molar-refractivity contribution < 1.29 is 31.8 Å². The van der Waals surface area contributed by atoms with Crippen molar-refractivity contribution in [3.63, 3.8) is 0 Å². The fourth-order valence-electron chi connectivity index (χ4n) is 1.20. The van der Waals surface area contributed by atoms with Gasteiger partial charge in [0.15, 0.2) is 0 Å². The summed E-state index contributed by atoms with van der Waals surface area (Å²) in [4.78, 5) is 3.27. The summed E-state index contributed by atoms with van der Waals surface area (Å²) >= 11 is 2.85. The molecule has 0 saturated heterocycles. The summed E-state index contributed by atoms with van der Waals surface area (Å²) in [6.07, 6.45) is -7.93. The molecule has 0 atom stereocenters. The molecular formula is C9H7BrF5NO2. The molecule has 0 aliphatic carbocycles. The Kier molecular flexibility index (Phi) is 4.85. The highest BCUT2D eigenvalue weighted by atomic mass is 79.9. The molecule has 1 aromatic heterocycles. The number of ether oxygens (including phenoxy) is 1. The van der Waals surface area contributed by atoms with Crippen LogP contribution in [-0.4, -0.2) is 16.5 Å². The van der Waals surface area contributed by atoms with Crippen molar-refractivity contribution in [3.05, 3.63) is 22.9 Å². The second-order valence-electron chi connectivity index (χ2n) is 3.13. The number of nitrogens with zero attached hydrogens (tertiary/aromatic N) is 1. The SMILES string of the molecule is OCc1nc(OC(F)(F)F)c(CBr)cc1C(F)F. The Labute approximate surface area is 107 Å². The van der Waals surface area contributed by atoms with Gasteiger partial charge in [0, 0.05) is 16.5 Å². The van der Waals surface area contributed by atoms with Gasteiger partial charge in [-0.15, -0.1) is 13.2 Å². The maximum absolute atomic E-state index is 12.6. The third-order valence-corrected chi connectivity index (χ3v) is 2.52. The topological polar surface area (TPSA) is 42.4 Å². The third kappa shape index (κ3) is 3.77. The monoisotopic (exact) mass is 335 g/mol. The number of halogens is 6. The minimum Gasteiger partial charge on any atom is -0.390 e. The number of pyridine rings is 1. The summed E-state index contributed by atoms with van der Waals surface area (Å²) in [6, 6.07) is 0.818. The predicted molar refractivity (Wildman–Crippen MR) is 54.4 cm³/mol. The zero-order valence-corrected chi connectivity index (χ0v) is 10.2. The lowest BCUT2D eigenvalue weighted by Gasteiger charge is -2.14. The second-order valence-corrected chi connectivity index (χ2v) is 3.69. The molecule has 0 bridgehead atoms. The van der Waals surface area contributed by atoms with Crippen molar-refractivity contribution in [2.24, 2.45) is 0 Å². The van der Waals surface area contributed by atoms with Gasteiger partial charge in [-0.25, -0.2) is 13.8 Å². The van der Waals surface area contributed by atoms with Crippen molar-refractivity contribution in [2.45, 2.75) is 24.7 Å². The number of aliphatic hydroxyl groups excluding tert-OH is 1. The molecule has 0 fully saturated rings. The molecule has 0 saturated carbocycles. The van der Waals surface area contributed by atoms with E-state index in [2.05, 4.69) is 25.7 Å². The molecule has 18 heavy (non-hydrogen) atoms. The van der Waals surface area contributed by atoms with Crippen molar-refractivity contribution in [1.29, 1.82) is 0 Å². The molecule has 3 nitrogen and oxygen atoms in total. The average Bonchev–Trinajstić information content (AvgIpc) is 2.25. The van der Waals surface area contributed by atoms with Gasteiger partial charge < -0.3 is 9.84 Å². The van der Waals surface area contributed by atoms with Crippen LogP contribution in [-0.2, 0) is 11.9 Å². The number of aromatic nitrogens is 1. The van der Waals surface area contributed by atoms with Gasteiger partial charge in [0.2, 0.25) is 5.88 Å². The molecule has 1 rings (SSSR count). The normalized spacial score (nSPS) is 12.0. The van der Waals surface area contributed by atoms with Crippen molar-refractivity contribution in [2.75, 3.05) is 0 Å². The first-order chi connectivity index (χ1) is 8.28. The Hall–Kier alpha value is -0.960. The van der Waals surface area contributed by atoms with E-state index in [-0.39, 0.29) is 10.9 Å². The van der Waals surface area contributed by atoms with Crippen molar-refractivity contribution >= 4 is 15.9 Å². The summed E-state index contributed by atoms with van der Waals surface area (Å²) < 4.78 is 64.9. The highest BCUT2D eigenvalue weighted by Gasteiger charge is 2.33. The lowest BCUT2D eigenvalue weighted by atomic mass is 10.1. The Bertz CT molecular complexity index is 424. The van der Waals surface area contributed by atoms with Crippen LogP contribution in [0, 0.1) is 0 Å². The molecule has 9 heteroatoms. The molecule has 0 unspecified atom stereocenters. The van der Waals surface area contributed by atoms with Gasteiger partial charge in [0.05, 0.1) is 12.3 Å². The third-order valence-electron chi connectivity index (χ3n) is 1.92. The Morgan fingerprint density at radius 1 is 1.39 bits per heavy atom. The van der Waals surface area contributed by atoms with E-state index in [1.807, 2.05) is 0 Å². The van der Waals surface area contributed by atoms with Crippen LogP contribution >= 0.6 is 15.9 Å². The van der Waals surface area contributed by atoms with E-state index >= 15 is 0 Å². The van der Waals surface area contributed by atoms with Gasteiger partial charge in [0.25, 0.3) is 6.43 Å². The number of rotatable bonds is 4. The molecule has 0 amide bonds. The van der Waals surface area contributed by atoms with Crippen molar-refractivity contribution in [3.8, 4) is 5.88 Å². The van der Waals surface area contributed by atoms with Crippen LogP contribution in [0.3, 0.4) is 0 Å². The van der Waals surface area contributed by atoms with Gasteiger partial charge in [-0.2, -0.15) is 0 Å². The maximum atomic E-state index is 12.6. The van der Waals surface area contributed by atoms with Crippen LogP contribution in [0.2, 0.25) is 0 Å². The van der Waals surface area contributed by atoms with Crippen LogP contribution in [0.1, 0.15) is 23.2 Å². The van der Waals surface area contributed by atoms with Gasteiger partial charge in [-0.3, -0.25) is 0 Å². The van der Waals surface area contributed by atoms with Crippen LogP contribution in [0.5, 0.6) is 5.88 Å². The Balaban J connectivity index is 3.26. The zero-order chi connectivity index (χ0) is 13.9. The number of hydrogen-bond donors (Lipinski definition) is 1. The molecule has 0 aromatic carbocycles. The number of aliphatic hydroxyl groups is 1. The van der Waals surface area contributed by atoms with Crippen LogP contribution in [0.25, 0.3) is 0 Å². The minimum atomic E-state index is -4.98. The van der Waals surface area contributed by atoms with Crippen LogP contribution < -0.4 is 4.74 Å². The smallest absolute Gasteiger partial charge is 0.390 e. The fourth-order valence-corrected chi connectivity index (χ4v) is 1.60. The van der Waals surface area contributed by atoms with Gasteiger partial charge in [0.1, 0.15) is 0 Å². The summed E-state index contributed by atoms with van der Waals surface area (Å²) in [5.41, 5.74) is -1.35. The van der Waals surface area contributed by atoms with Crippen molar-refractivity contribution in [1.82, 2.24) is 4.98 Å². The predicted octanol–water partition coefficient (Wildman–Crippen LogP) is 3.31. The highest BCUT2D eigenvalue weighted by Crippen LogP contribution is 2.31. The Morgan fingerprint density at radius 3 is 2.39 bits per heavy atom.